The predicted molar refractivity (Wildman–Crippen MR) is 102 cm³/mol. The Hall–Kier alpha value is -2.19. The molecule has 1 amide bonds. The van der Waals surface area contributed by atoms with Crippen molar-refractivity contribution in [1.29, 1.82) is 0 Å². The molecular weight excluding hydrogens is 409 g/mol. The van der Waals surface area contributed by atoms with Gasteiger partial charge in [-0.2, -0.15) is 22.0 Å². The number of halogens is 5. The summed E-state index contributed by atoms with van der Waals surface area (Å²) in [5.41, 5.74) is 0.478. The van der Waals surface area contributed by atoms with Crippen LogP contribution in [0.4, 0.5) is 22.0 Å². The average Bonchev–Trinajstić information content (AvgIpc) is 2.69. The summed E-state index contributed by atoms with van der Waals surface area (Å²) in [4.78, 5) is 23.8. The van der Waals surface area contributed by atoms with Crippen molar-refractivity contribution in [2.75, 3.05) is 6.61 Å². The molecule has 1 aromatic rings. The van der Waals surface area contributed by atoms with Crippen LogP contribution in [0.2, 0.25) is 0 Å². The van der Waals surface area contributed by atoms with E-state index in [4.69, 9.17) is 4.74 Å². The number of nitrogens with one attached hydrogen (secondary N) is 1. The smallest absolute Gasteiger partial charge is 0.463 e. The molecule has 0 aliphatic heterocycles. The molecule has 1 atom stereocenters. The largest absolute Gasteiger partial charge is 0.464 e. The summed E-state index contributed by atoms with van der Waals surface area (Å²) >= 11 is 0. The van der Waals surface area contributed by atoms with Crippen LogP contribution in [0.3, 0.4) is 0 Å². The maximum Gasteiger partial charge on any atom is 0.463 e. The van der Waals surface area contributed by atoms with Gasteiger partial charge in [0.05, 0.1) is 6.61 Å². The third-order valence-electron chi connectivity index (χ3n) is 4.51. The molecule has 0 heterocycles. The van der Waals surface area contributed by atoms with Gasteiger partial charge in [-0.3, -0.25) is 4.79 Å². The molecule has 0 aliphatic carbocycles. The van der Waals surface area contributed by atoms with Crippen LogP contribution < -0.4 is 5.32 Å². The molecule has 0 saturated carbocycles. The Morgan fingerprint density at radius 2 is 1.50 bits per heavy atom. The van der Waals surface area contributed by atoms with Crippen LogP contribution in [0.15, 0.2) is 30.3 Å². The Morgan fingerprint density at radius 3 is 2.07 bits per heavy atom. The van der Waals surface area contributed by atoms with Crippen LogP contribution in [0, 0.1) is 0 Å². The Kier molecular flexibility index (Phi) is 10.8. The van der Waals surface area contributed by atoms with Gasteiger partial charge in [0.2, 0.25) is 0 Å². The summed E-state index contributed by atoms with van der Waals surface area (Å²) < 4.78 is 68.9. The third kappa shape index (κ3) is 8.67. The van der Waals surface area contributed by atoms with Crippen LogP contribution in [0.5, 0.6) is 0 Å². The van der Waals surface area contributed by atoms with Gasteiger partial charge in [-0.25, -0.2) is 4.79 Å². The molecule has 1 N–H and O–H groups in total. The minimum atomic E-state index is -6.06. The van der Waals surface area contributed by atoms with Crippen molar-refractivity contribution in [3.63, 3.8) is 0 Å². The van der Waals surface area contributed by atoms with E-state index in [1.165, 1.54) is 5.32 Å². The van der Waals surface area contributed by atoms with Gasteiger partial charge in [-0.15, -0.1) is 0 Å². The lowest BCUT2D eigenvalue weighted by molar-refractivity contribution is -0.270. The van der Waals surface area contributed by atoms with Crippen LogP contribution in [0.25, 0.3) is 0 Å². The minimum absolute atomic E-state index is 0.00341. The van der Waals surface area contributed by atoms with E-state index in [9.17, 15) is 31.5 Å². The second-order valence-corrected chi connectivity index (χ2v) is 7.08. The number of hydrogen-bond acceptors (Lipinski definition) is 3. The van der Waals surface area contributed by atoms with E-state index in [1.54, 1.807) is 30.3 Å². The maximum absolute atomic E-state index is 13.3. The summed E-state index contributed by atoms with van der Waals surface area (Å²) in [6.45, 7) is 2.11. The zero-order valence-corrected chi connectivity index (χ0v) is 16.9. The zero-order chi connectivity index (χ0) is 22.6. The molecule has 0 fully saturated rings. The molecular formula is C21H28F5NO3. The van der Waals surface area contributed by atoms with E-state index < -0.39 is 30.0 Å². The quantitative estimate of drug-likeness (QED) is 0.262. The van der Waals surface area contributed by atoms with E-state index in [0.717, 1.165) is 38.5 Å². The van der Waals surface area contributed by atoms with Crippen LogP contribution in [-0.4, -0.2) is 36.6 Å². The molecule has 0 aromatic heterocycles. The fourth-order valence-corrected chi connectivity index (χ4v) is 2.75. The fraction of sp³-hybridized carbons (Fsp3) is 0.619. The average molecular weight is 437 g/mol. The number of rotatable bonds is 13. The number of hydrogen-bond donors (Lipinski definition) is 1. The number of alkyl halides is 5. The summed E-state index contributed by atoms with van der Waals surface area (Å²) in [6.07, 6.45) is 0.432. The molecule has 4 nitrogen and oxygen atoms in total. The van der Waals surface area contributed by atoms with E-state index in [0.29, 0.717) is 12.0 Å². The predicted octanol–water partition coefficient (Wildman–Crippen LogP) is 5.21. The molecule has 0 spiro atoms. The minimum Gasteiger partial charge on any atom is -0.464 e. The first-order valence-corrected chi connectivity index (χ1v) is 10.1. The molecule has 9 heteroatoms. The van der Waals surface area contributed by atoms with Gasteiger partial charge in [0, 0.05) is 6.42 Å². The van der Waals surface area contributed by atoms with E-state index in [1.807, 2.05) is 0 Å². The lowest BCUT2D eigenvalue weighted by Crippen LogP contribution is -2.55. The zero-order valence-electron chi connectivity index (χ0n) is 16.9. The van der Waals surface area contributed by atoms with Crippen molar-refractivity contribution in [1.82, 2.24) is 5.32 Å². The highest BCUT2D eigenvalue weighted by atomic mass is 19.4. The lowest BCUT2D eigenvalue weighted by atomic mass is 10.1. The van der Waals surface area contributed by atoms with Gasteiger partial charge < -0.3 is 10.1 Å². The second kappa shape index (κ2) is 12.5. The Labute approximate surface area is 173 Å². The van der Waals surface area contributed by atoms with E-state index in [-0.39, 0.29) is 13.0 Å². The number of carbonyl (C=O) groups excluding carboxylic acids is 2. The molecule has 0 radical (unpaired) electrons. The van der Waals surface area contributed by atoms with Crippen LogP contribution in [0.1, 0.15) is 57.4 Å². The molecule has 170 valence electrons. The maximum atomic E-state index is 13.3. The molecule has 30 heavy (non-hydrogen) atoms. The number of unbranched alkanes of at least 4 members (excludes halogenated alkanes) is 6. The van der Waals surface area contributed by atoms with Crippen molar-refractivity contribution >= 4 is 11.9 Å². The Morgan fingerprint density at radius 1 is 0.933 bits per heavy atom. The van der Waals surface area contributed by atoms with Gasteiger partial charge in [0.25, 0.3) is 0 Å². The van der Waals surface area contributed by atoms with Gasteiger partial charge in [-0.1, -0.05) is 75.8 Å². The van der Waals surface area contributed by atoms with Gasteiger partial charge in [0.1, 0.15) is 6.04 Å². The third-order valence-corrected chi connectivity index (χ3v) is 4.51. The first-order valence-electron chi connectivity index (χ1n) is 10.1. The van der Waals surface area contributed by atoms with Gasteiger partial charge >= 0.3 is 24.0 Å². The Bertz CT molecular complexity index is 650. The molecule has 0 saturated heterocycles. The summed E-state index contributed by atoms with van der Waals surface area (Å²) in [5, 5.41) is 1.50. The van der Waals surface area contributed by atoms with Crippen molar-refractivity contribution in [2.45, 2.75) is 76.4 Å². The van der Waals surface area contributed by atoms with Crippen molar-refractivity contribution in [3.05, 3.63) is 35.9 Å². The summed E-state index contributed by atoms with van der Waals surface area (Å²) in [6, 6.07) is 6.37. The SMILES string of the molecule is CCCCCCCCCOC(=O)C(Cc1ccccc1)NC(=O)C(F)(F)C(F)(F)F. The van der Waals surface area contributed by atoms with E-state index in [2.05, 4.69) is 6.92 Å². The van der Waals surface area contributed by atoms with Crippen LogP contribution in [-0.2, 0) is 20.7 Å². The number of benzene rings is 1. The summed E-state index contributed by atoms with van der Waals surface area (Å²) in [5.74, 6) is -9.24. The highest BCUT2D eigenvalue weighted by molar-refractivity contribution is 5.89. The first-order chi connectivity index (χ1) is 14.1. The van der Waals surface area contributed by atoms with E-state index >= 15 is 0 Å². The van der Waals surface area contributed by atoms with Crippen molar-refractivity contribution in [3.8, 4) is 0 Å². The molecule has 1 unspecified atom stereocenters. The number of esters is 1. The van der Waals surface area contributed by atoms with Crippen molar-refractivity contribution < 1.29 is 36.3 Å². The van der Waals surface area contributed by atoms with Crippen LogP contribution >= 0.6 is 0 Å². The highest BCUT2D eigenvalue weighted by Crippen LogP contribution is 2.35. The monoisotopic (exact) mass is 437 g/mol. The lowest BCUT2D eigenvalue weighted by Gasteiger charge is -2.23. The summed E-state index contributed by atoms with van der Waals surface area (Å²) in [7, 11) is 0. The highest BCUT2D eigenvalue weighted by Gasteiger charge is 2.63. The molecule has 0 aliphatic rings. The molecule has 0 bridgehead atoms. The number of ether oxygens (including phenoxy) is 1. The molecule has 1 rings (SSSR count). The Balaban J connectivity index is 2.65. The normalized spacial score (nSPS) is 13.0. The first kappa shape index (κ1) is 25.8. The van der Waals surface area contributed by atoms with Crippen molar-refractivity contribution in [2.24, 2.45) is 0 Å². The second-order valence-electron chi connectivity index (χ2n) is 7.08. The number of amides is 1. The van der Waals surface area contributed by atoms with Gasteiger partial charge in [0.15, 0.2) is 0 Å². The standard InChI is InChI=1S/C21H28F5NO3/c1-2-3-4-5-6-7-11-14-30-18(28)17(15-16-12-9-8-10-13-16)27-19(29)20(22,23)21(24,25)26/h8-10,12-13,17H,2-7,11,14-15H2,1H3,(H,27,29). The topological polar surface area (TPSA) is 55.4 Å². The number of carbonyl (C=O) groups is 2. The fourth-order valence-electron chi connectivity index (χ4n) is 2.75. The van der Waals surface area contributed by atoms with Gasteiger partial charge in [-0.05, 0) is 12.0 Å². The molecule has 1 aromatic carbocycles.